The SMILES string of the molecule is Cc1cc(N2CCN(C(=O)C(c3ccccc3)c3ccccc3)[C@H](C(=O)NS(=O)(=O)N(C)C)C2)n(C)n1. The molecule has 0 bridgehead atoms. The lowest BCUT2D eigenvalue weighted by atomic mass is 9.89. The van der Waals surface area contributed by atoms with Crippen LogP contribution in [0.1, 0.15) is 22.7 Å². The fourth-order valence-corrected chi connectivity index (χ4v) is 5.17. The van der Waals surface area contributed by atoms with E-state index in [9.17, 15) is 18.0 Å². The number of rotatable bonds is 7. The summed E-state index contributed by atoms with van der Waals surface area (Å²) >= 11 is 0. The molecule has 1 atom stereocenters. The van der Waals surface area contributed by atoms with Crippen LogP contribution in [0.25, 0.3) is 0 Å². The predicted octanol–water partition coefficient (Wildman–Crippen LogP) is 1.50. The number of aryl methyl sites for hydroxylation is 2. The molecule has 0 unspecified atom stereocenters. The summed E-state index contributed by atoms with van der Waals surface area (Å²) in [4.78, 5) is 31.1. The molecule has 1 aromatic heterocycles. The van der Waals surface area contributed by atoms with Gasteiger partial charge in [-0.25, -0.2) is 4.72 Å². The van der Waals surface area contributed by atoms with Gasteiger partial charge in [-0.05, 0) is 18.1 Å². The van der Waals surface area contributed by atoms with Crippen LogP contribution in [0.15, 0.2) is 66.7 Å². The summed E-state index contributed by atoms with van der Waals surface area (Å²) < 4.78 is 29.8. The van der Waals surface area contributed by atoms with Gasteiger partial charge in [-0.15, -0.1) is 0 Å². The van der Waals surface area contributed by atoms with Gasteiger partial charge in [0.25, 0.3) is 5.91 Å². The number of hydrogen-bond acceptors (Lipinski definition) is 6. The molecule has 1 saturated heterocycles. The monoisotopic (exact) mass is 524 g/mol. The van der Waals surface area contributed by atoms with E-state index in [1.807, 2.05) is 85.6 Å². The van der Waals surface area contributed by atoms with E-state index in [2.05, 4.69) is 9.82 Å². The number of hydrogen-bond donors (Lipinski definition) is 1. The molecule has 4 rings (SSSR count). The van der Waals surface area contributed by atoms with Crippen molar-refractivity contribution in [1.82, 2.24) is 23.7 Å². The molecule has 2 amide bonds. The molecule has 10 nitrogen and oxygen atoms in total. The van der Waals surface area contributed by atoms with Crippen molar-refractivity contribution in [3.8, 4) is 0 Å². The van der Waals surface area contributed by atoms with Gasteiger partial charge in [-0.2, -0.15) is 17.8 Å². The maximum Gasteiger partial charge on any atom is 0.303 e. The van der Waals surface area contributed by atoms with Crippen molar-refractivity contribution in [1.29, 1.82) is 0 Å². The van der Waals surface area contributed by atoms with E-state index in [0.717, 1.165) is 26.9 Å². The summed E-state index contributed by atoms with van der Waals surface area (Å²) in [5, 5.41) is 4.39. The first kappa shape index (κ1) is 26.4. The summed E-state index contributed by atoms with van der Waals surface area (Å²) in [6, 6.07) is 19.6. The van der Waals surface area contributed by atoms with E-state index in [-0.39, 0.29) is 19.0 Å². The zero-order valence-electron chi connectivity index (χ0n) is 21.4. The Hall–Kier alpha value is -3.70. The van der Waals surface area contributed by atoms with Crippen LogP contribution in [-0.2, 0) is 26.8 Å². The number of amides is 2. The van der Waals surface area contributed by atoms with E-state index in [1.54, 1.807) is 4.68 Å². The largest absolute Gasteiger partial charge is 0.352 e. The van der Waals surface area contributed by atoms with Gasteiger partial charge in [0.1, 0.15) is 11.9 Å². The Balaban J connectivity index is 1.72. The maximum absolute atomic E-state index is 14.2. The number of anilines is 1. The van der Waals surface area contributed by atoms with Gasteiger partial charge in [0, 0.05) is 46.8 Å². The summed E-state index contributed by atoms with van der Waals surface area (Å²) in [5.41, 5.74) is 2.41. The number of nitrogens with one attached hydrogen (secondary N) is 1. The number of nitrogens with zero attached hydrogens (tertiary/aromatic N) is 5. The molecule has 0 saturated carbocycles. The van der Waals surface area contributed by atoms with E-state index >= 15 is 0 Å². The van der Waals surface area contributed by atoms with Crippen molar-refractivity contribution in [2.75, 3.05) is 38.6 Å². The zero-order valence-corrected chi connectivity index (χ0v) is 22.2. The fourth-order valence-electron chi connectivity index (χ4n) is 4.59. The second-order valence-electron chi connectivity index (χ2n) is 9.27. The summed E-state index contributed by atoms with van der Waals surface area (Å²) in [7, 11) is 0.441. The van der Waals surface area contributed by atoms with Crippen molar-refractivity contribution >= 4 is 27.8 Å². The molecule has 2 heterocycles. The first-order valence-corrected chi connectivity index (χ1v) is 13.4. The second kappa shape index (κ2) is 10.7. The molecular formula is C26H32N6O4S. The number of carbonyl (C=O) groups excluding carboxylic acids is 2. The van der Waals surface area contributed by atoms with Crippen molar-refractivity contribution in [3.05, 3.63) is 83.6 Å². The molecule has 37 heavy (non-hydrogen) atoms. The minimum absolute atomic E-state index is 0.121. The van der Waals surface area contributed by atoms with Gasteiger partial charge in [-0.1, -0.05) is 60.7 Å². The predicted molar refractivity (Wildman–Crippen MR) is 141 cm³/mol. The van der Waals surface area contributed by atoms with Crippen LogP contribution in [0.4, 0.5) is 5.82 Å². The van der Waals surface area contributed by atoms with Crippen LogP contribution in [0.3, 0.4) is 0 Å². The minimum Gasteiger partial charge on any atom is -0.352 e. The molecular weight excluding hydrogens is 492 g/mol. The topological polar surface area (TPSA) is 108 Å². The molecule has 1 aliphatic heterocycles. The van der Waals surface area contributed by atoms with Crippen LogP contribution in [-0.4, -0.2) is 79.0 Å². The molecule has 1 fully saturated rings. The van der Waals surface area contributed by atoms with Gasteiger partial charge < -0.3 is 9.80 Å². The number of aromatic nitrogens is 2. The second-order valence-corrected chi connectivity index (χ2v) is 11.2. The normalized spacial score (nSPS) is 16.3. The van der Waals surface area contributed by atoms with Crippen molar-refractivity contribution in [2.45, 2.75) is 18.9 Å². The van der Waals surface area contributed by atoms with Gasteiger partial charge >= 0.3 is 10.2 Å². The van der Waals surface area contributed by atoms with E-state index in [4.69, 9.17) is 0 Å². The summed E-state index contributed by atoms with van der Waals surface area (Å²) in [5.74, 6) is -0.875. The van der Waals surface area contributed by atoms with Crippen LogP contribution in [0, 0.1) is 6.92 Å². The van der Waals surface area contributed by atoms with Crippen molar-refractivity contribution in [2.24, 2.45) is 7.05 Å². The average Bonchev–Trinajstić information content (AvgIpc) is 3.22. The Bertz CT molecular complexity index is 1320. The number of piperazine rings is 1. The van der Waals surface area contributed by atoms with E-state index in [0.29, 0.717) is 6.54 Å². The maximum atomic E-state index is 14.2. The average molecular weight is 525 g/mol. The van der Waals surface area contributed by atoms with Crippen molar-refractivity contribution in [3.63, 3.8) is 0 Å². The third-order valence-corrected chi connectivity index (χ3v) is 7.91. The Labute approximate surface area is 217 Å². The smallest absolute Gasteiger partial charge is 0.303 e. The Morgan fingerprint density at radius 2 is 1.57 bits per heavy atom. The van der Waals surface area contributed by atoms with Crippen molar-refractivity contribution < 1.29 is 18.0 Å². The first-order valence-electron chi connectivity index (χ1n) is 12.0. The Morgan fingerprint density at radius 3 is 2.05 bits per heavy atom. The highest BCUT2D eigenvalue weighted by molar-refractivity contribution is 7.87. The third kappa shape index (κ3) is 5.67. The standard InChI is InChI=1S/C26H32N6O4S/c1-19-17-23(30(4)27-19)31-15-16-32(22(18-31)25(33)28-37(35,36)29(2)3)26(34)24(20-11-7-5-8-12-20)21-13-9-6-10-14-21/h5-14,17,22,24H,15-16,18H2,1-4H3,(H,28,33)/t22-/m0/s1. The van der Waals surface area contributed by atoms with Crippen LogP contribution < -0.4 is 9.62 Å². The molecule has 3 aromatic rings. The van der Waals surface area contributed by atoms with Gasteiger partial charge in [0.15, 0.2) is 0 Å². The van der Waals surface area contributed by atoms with E-state index in [1.165, 1.54) is 19.0 Å². The molecule has 0 radical (unpaired) electrons. The van der Waals surface area contributed by atoms with Gasteiger partial charge in [0.05, 0.1) is 11.6 Å². The number of benzene rings is 2. The molecule has 0 spiro atoms. The molecule has 1 aliphatic rings. The van der Waals surface area contributed by atoms with Crippen LogP contribution >= 0.6 is 0 Å². The fraction of sp³-hybridized carbons (Fsp3) is 0.346. The molecule has 0 aliphatic carbocycles. The Morgan fingerprint density at radius 1 is 1.00 bits per heavy atom. The highest BCUT2D eigenvalue weighted by Gasteiger charge is 2.40. The lowest BCUT2D eigenvalue weighted by Crippen LogP contribution is -2.62. The first-order chi connectivity index (χ1) is 17.6. The quantitative estimate of drug-likeness (QED) is 0.502. The summed E-state index contributed by atoms with van der Waals surface area (Å²) in [6.45, 7) is 2.70. The Kier molecular flexibility index (Phi) is 7.65. The molecule has 1 N–H and O–H groups in total. The molecule has 11 heteroatoms. The highest BCUT2D eigenvalue weighted by Crippen LogP contribution is 2.29. The lowest BCUT2D eigenvalue weighted by molar-refractivity contribution is -0.140. The zero-order chi connectivity index (χ0) is 26.7. The third-order valence-electron chi connectivity index (χ3n) is 6.49. The number of carbonyl (C=O) groups is 2. The van der Waals surface area contributed by atoms with Gasteiger partial charge in [0.2, 0.25) is 5.91 Å². The van der Waals surface area contributed by atoms with Gasteiger partial charge in [-0.3, -0.25) is 14.3 Å². The summed E-state index contributed by atoms with van der Waals surface area (Å²) in [6.07, 6.45) is 0. The van der Waals surface area contributed by atoms with Crippen LogP contribution in [0.5, 0.6) is 0 Å². The molecule has 2 aromatic carbocycles. The van der Waals surface area contributed by atoms with E-state index < -0.39 is 28.1 Å². The van der Waals surface area contributed by atoms with Crippen LogP contribution in [0.2, 0.25) is 0 Å². The minimum atomic E-state index is -4.05. The lowest BCUT2D eigenvalue weighted by Gasteiger charge is -2.42. The highest BCUT2D eigenvalue weighted by atomic mass is 32.2. The molecule has 196 valence electrons.